The maximum Gasteiger partial charge on any atom is 0.274 e. The highest BCUT2D eigenvalue weighted by atomic mass is 16.5. The van der Waals surface area contributed by atoms with Gasteiger partial charge in [-0.1, -0.05) is 18.2 Å². The number of carbonyl (C=O) groups excluding carboxylic acids is 2. The van der Waals surface area contributed by atoms with Crippen molar-refractivity contribution < 1.29 is 14.3 Å². The molecule has 0 aliphatic carbocycles. The third-order valence-corrected chi connectivity index (χ3v) is 5.17. The van der Waals surface area contributed by atoms with Crippen LogP contribution >= 0.6 is 0 Å². The van der Waals surface area contributed by atoms with Crippen LogP contribution < -0.4 is 4.90 Å². The Bertz CT molecular complexity index is 814. The van der Waals surface area contributed by atoms with Crippen LogP contribution in [0.1, 0.15) is 29.8 Å². The summed E-state index contributed by atoms with van der Waals surface area (Å²) in [7, 11) is 0. The van der Waals surface area contributed by atoms with E-state index in [2.05, 4.69) is 9.97 Å². The van der Waals surface area contributed by atoms with E-state index in [1.54, 1.807) is 9.80 Å². The molecule has 1 spiro atoms. The van der Waals surface area contributed by atoms with Crippen LogP contribution in [-0.4, -0.2) is 58.5 Å². The Balaban J connectivity index is 1.60. The van der Waals surface area contributed by atoms with E-state index in [1.165, 1.54) is 18.6 Å². The number of carbonyl (C=O) groups is 2. The molecular weight excluding hydrogens is 344 g/mol. The van der Waals surface area contributed by atoms with Crippen LogP contribution in [0.2, 0.25) is 0 Å². The molecule has 2 amide bonds. The molecule has 1 aromatic carbocycles. The van der Waals surface area contributed by atoms with Gasteiger partial charge >= 0.3 is 0 Å². The quantitative estimate of drug-likeness (QED) is 0.811. The summed E-state index contributed by atoms with van der Waals surface area (Å²) in [5.41, 5.74) is 0.155. The maximum absolute atomic E-state index is 13.5. The van der Waals surface area contributed by atoms with Crippen molar-refractivity contribution in [3.05, 3.63) is 54.6 Å². The van der Waals surface area contributed by atoms with Gasteiger partial charge in [-0.25, -0.2) is 4.98 Å². The average Bonchev–Trinajstić information content (AvgIpc) is 2.88. The molecule has 2 saturated heterocycles. The van der Waals surface area contributed by atoms with Crippen LogP contribution in [-0.2, 0) is 9.53 Å². The van der Waals surface area contributed by atoms with E-state index in [0.717, 1.165) is 18.5 Å². The predicted octanol–water partition coefficient (Wildman–Crippen LogP) is 1.90. The molecule has 2 fully saturated rings. The molecule has 2 aromatic rings. The van der Waals surface area contributed by atoms with Crippen molar-refractivity contribution in [3.8, 4) is 0 Å². The molecule has 0 saturated carbocycles. The van der Waals surface area contributed by atoms with Gasteiger partial charge in [-0.05, 0) is 31.4 Å². The fourth-order valence-corrected chi connectivity index (χ4v) is 3.80. The van der Waals surface area contributed by atoms with Crippen LogP contribution in [0.3, 0.4) is 0 Å². The van der Waals surface area contributed by atoms with Gasteiger partial charge in [0.2, 0.25) is 0 Å². The summed E-state index contributed by atoms with van der Waals surface area (Å²) in [5, 5.41) is 0. The van der Waals surface area contributed by atoms with Gasteiger partial charge in [0.05, 0.1) is 19.3 Å². The number of hydrogen-bond acceptors (Lipinski definition) is 5. The summed E-state index contributed by atoms with van der Waals surface area (Å²) in [6.45, 7) is 1.67. The highest BCUT2D eigenvalue weighted by Gasteiger charge is 2.48. The van der Waals surface area contributed by atoms with Crippen LogP contribution in [0.5, 0.6) is 0 Å². The van der Waals surface area contributed by atoms with Crippen LogP contribution in [0.15, 0.2) is 48.9 Å². The summed E-state index contributed by atoms with van der Waals surface area (Å²) >= 11 is 0. The van der Waals surface area contributed by atoms with E-state index < -0.39 is 5.60 Å². The van der Waals surface area contributed by atoms with Crippen molar-refractivity contribution in [2.75, 3.05) is 31.1 Å². The van der Waals surface area contributed by atoms with Gasteiger partial charge in [-0.3, -0.25) is 14.6 Å². The molecule has 4 rings (SSSR count). The van der Waals surface area contributed by atoms with Crippen LogP contribution in [0.4, 0.5) is 5.69 Å². The number of morpholine rings is 1. The lowest BCUT2D eigenvalue weighted by atomic mass is 9.93. The number of aromatic nitrogens is 2. The predicted molar refractivity (Wildman–Crippen MR) is 99.3 cm³/mol. The normalized spacial score (nSPS) is 23.3. The molecular formula is C20H22N4O3. The van der Waals surface area contributed by atoms with E-state index >= 15 is 0 Å². The Morgan fingerprint density at radius 1 is 1.11 bits per heavy atom. The minimum atomic E-state index is -0.998. The first-order valence-electron chi connectivity index (χ1n) is 9.26. The SMILES string of the molecule is O=C(c1cnccn1)N1CCOC2(CCCCN(c3ccccc3)C2=O)C1. The van der Waals surface area contributed by atoms with Crippen molar-refractivity contribution in [3.63, 3.8) is 0 Å². The second-order valence-corrected chi connectivity index (χ2v) is 6.91. The van der Waals surface area contributed by atoms with Gasteiger partial charge in [0.25, 0.3) is 11.8 Å². The summed E-state index contributed by atoms with van der Waals surface area (Å²) in [6.07, 6.45) is 6.88. The lowest BCUT2D eigenvalue weighted by molar-refractivity contribution is -0.155. The average molecular weight is 366 g/mol. The van der Waals surface area contributed by atoms with E-state index in [9.17, 15) is 9.59 Å². The molecule has 1 aromatic heterocycles. The monoisotopic (exact) mass is 366 g/mol. The Morgan fingerprint density at radius 3 is 2.74 bits per heavy atom. The summed E-state index contributed by atoms with van der Waals surface area (Å²) in [5.74, 6) is -0.281. The molecule has 3 heterocycles. The Labute approximate surface area is 158 Å². The molecule has 27 heavy (non-hydrogen) atoms. The second-order valence-electron chi connectivity index (χ2n) is 6.91. The zero-order chi connectivity index (χ0) is 18.7. The molecule has 7 nitrogen and oxygen atoms in total. The lowest BCUT2D eigenvalue weighted by Gasteiger charge is -2.42. The highest BCUT2D eigenvalue weighted by Crippen LogP contribution is 2.32. The van der Waals surface area contributed by atoms with Crippen molar-refractivity contribution in [1.29, 1.82) is 0 Å². The van der Waals surface area contributed by atoms with Gasteiger partial charge in [-0.15, -0.1) is 0 Å². The van der Waals surface area contributed by atoms with E-state index in [0.29, 0.717) is 26.1 Å². The van der Waals surface area contributed by atoms with Crippen molar-refractivity contribution in [2.45, 2.75) is 24.9 Å². The Morgan fingerprint density at radius 2 is 1.96 bits per heavy atom. The third-order valence-electron chi connectivity index (χ3n) is 5.17. The maximum atomic E-state index is 13.5. The molecule has 0 bridgehead atoms. The molecule has 2 aliphatic rings. The number of benzene rings is 1. The fourth-order valence-electron chi connectivity index (χ4n) is 3.80. The van der Waals surface area contributed by atoms with Crippen LogP contribution in [0, 0.1) is 0 Å². The summed E-state index contributed by atoms with van der Waals surface area (Å²) in [4.78, 5) is 37.8. The smallest absolute Gasteiger partial charge is 0.274 e. The van der Waals surface area contributed by atoms with E-state index in [4.69, 9.17) is 4.74 Å². The van der Waals surface area contributed by atoms with Gasteiger partial charge < -0.3 is 14.5 Å². The number of amides is 2. The summed E-state index contributed by atoms with van der Waals surface area (Å²) in [6, 6.07) is 9.64. The minimum absolute atomic E-state index is 0.0668. The Kier molecular flexibility index (Phi) is 4.85. The molecule has 0 N–H and O–H groups in total. The standard InChI is InChI=1S/C20H22N4O3/c25-18(17-14-21-9-10-22-17)23-12-13-27-20(15-23)8-4-5-11-24(19(20)26)16-6-2-1-3-7-16/h1-3,6-7,9-10,14H,4-5,8,11-13,15H2. The fraction of sp³-hybridized carbons (Fsp3) is 0.400. The van der Waals surface area contributed by atoms with Crippen molar-refractivity contribution in [2.24, 2.45) is 0 Å². The Hall–Kier alpha value is -2.80. The number of anilines is 1. The molecule has 1 atom stereocenters. The zero-order valence-corrected chi connectivity index (χ0v) is 15.1. The molecule has 1 unspecified atom stereocenters. The number of nitrogens with zero attached hydrogens (tertiary/aromatic N) is 4. The molecule has 7 heteroatoms. The third kappa shape index (κ3) is 3.42. The van der Waals surface area contributed by atoms with Gasteiger partial charge in [0.15, 0.2) is 5.60 Å². The van der Waals surface area contributed by atoms with E-state index in [-0.39, 0.29) is 24.1 Å². The van der Waals surface area contributed by atoms with Crippen molar-refractivity contribution >= 4 is 17.5 Å². The molecule has 140 valence electrons. The topological polar surface area (TPSA) is 75.6 Å². The largest absolute Gasteiger partial charge is 0.361 e. The second kappa shape index (κ2) is 7.44. The first kappa shape index (κ1) is 17.6. The molecule has 2 aliphatic heterocycles. The van der Waals surface area contributed by atoms with Gasteiger partial charge in [0.1, 0.15) is 5.69 Å². The number of ether oxygens (including phenoxy) is 1. The number of rotatable bonds is 2. The number of hydrogen-bond donors (Lipinski definition) is 0. The highest BCUT2D eigenvalue weighted by molar-refractivity contribution is 6.01. The van der Waals surface area contributed by atoms with Gasteiger partial charge in [-0.2, -0.15) is 0 Å². The summed E-state index contributed by atoms with van der Waals surface area (Å²) < 4.78 is 6.05. The van der Waals surface area contributed by atoms with E-state index in [1.807, 2.05) is 30.3 Å². The molecule has 0 radical (unpaired) electrons. The first-order chi connectivity index (χ1) is 13.2. The van der Waals surface area contributed by atoms with Gasteiger partial charge in [0, 0.05) is 31.2 Å². The minimum Gasteiger partial charge on any atom is -0.361 e. The first-order valence-corrected chi connectivity index (χ1v) is 9.26. The number of para-hydroxylation sites is 1. The lowest BCUT2D eigenvalue weighted by Crippen LogP contribution is -2.61. The zero-order valence-electron chi connectivity index (χ0n) is 15.1. The van der Waals surface area contributed by atoms with Crippen molar-refractivity contribution in [1.82, 2.24) is 14.9 Å². The van der Waals surface area contributed by atoms with Crippen LogP contribution in [0.25, 0.3) is 0 Å².